The van der Waals surface area contributed by atoms with Gasteiger partial charge in [0.05, 0.1) is 7.59 Å². The summed E-state index contributed by atoms with van der Waals surface area (Å²) in [5.74, 6) is 0. The van der Waals surface area contributed by atoms with Crippen LogP contribution in [0.15, 0.2) is 24.3 Å². The molecule has 71 valence electrons. The van der Waals surface area contributed by atoms with Crippen molar-refractivity contribution in [1.29, 1.82) is 0 Å². The lowest BCUT2D eigenvalue weighted by Gasteiger charge is -2.26. The van der Waals surface area contributed by atoms with E-state index in [2.05, 4.69) is 57.4 Å². The summed E-state index contributed by atoms with van der Waals surface area (Å²) in [6.45, 7) is 12.0. The normalized spacial score (nSPS) is 12.2. The molecule has 13 heavy (non-hydrogen) atoms. The molecule has 0 aliphatic carbocycles. The zero-order valence-corrected chi connectivity index (χ0v) is 11.3. The Morgan fingerprint density at radius 1 is 1.00 bits per heavy atom. The molecule has 1 aromatic carbocycles. The van der Waals surface area contributed by atoms with Crippen LogP contribution in [-0.4, -0.2) is 15.9 Å². The van der Waals surface area contributed by atoms with E-state index in [0.717, 1.165) is 0 Å². The summed E-state index contributed by atoms with van der Waals surface area (Å²) in [6.07, 6.45) is 0. The molecule has 0 spiro atoms. The molecule has 0 N–H and O–H groups in total. The van der Waals surface area contributed by atoms with Gasteiger partial charge in [-0.15, -0.1) is 0 Å². The van der Waals surface area contributed by atoms with Gasteiger partial charge in [-0.25, -0.2) is 0 Å². The highest BCUT2D eigenvalue weighted by Crippen LogP contribution is 2.08. The van der Waals surface area contributed by atoms with Crippen LogP contribution in [0.2, 0.25) is 26.2 Å². The predicted octanol–water partition coefficient (Wildman–Crippen LogP) is 2.74. The molecule has 0 aliphatic heterocycles. The molecule has 1 radical (unpaired) electrons. The maximum Gasteiger partial charge on any atom is 0.0711 e. The third kappa shape index (κ3) is 2.32. The number of rotatable bonds is 2. The maximum absolute atomic E-state index is 2.49. The van der Waals surface area contributed by atoms with Gasteiger partial charge < -0.3 is 0 Å². The fraction of sp³-hybridized carbons (Fsp3) is 0.455. The van der Waals surface area contributed by atoms with E-state index in [4.69, 9.17) is 0 Å². The van der Waals surface area contributed by atoms with Crippen molar-refractivity contribution in [2.24, 2.45) is 0 Å². The van der Waals surface area contributed by atoms with Crippen molar-refractivity contribution < 1.29 is 0 Å². The second kappa shape index (κ2) is 3.80. The van der Waals surface area contributed by atoms with E-state index in [9.17, 15) is 0 Å². The zero-order valence-electron chi connectivity index (χ0n) is 9.31. The van der Waals surface area contributed by atoms with Crippen molar-refractivity contribution in [3.8, 4) is 0 Å². The highest BCUT2D eigenvalue weighted by Gasteiger charge is 2.27. The summed E-state index contributed by atoms with van der Waals surface area (Å²) in [5.41, 5.74) is 1.37. The van der Waals surface area contributed by atoms with Gasteiger partial charge in [-0.05, 0) is 6.92 Å². The summed E-state index contributed by atoms with van der Waals surface area (Å²) < 4.78 is 0. The molecular weight excluding hydrogens is 188 g/mol. The Bertz CT molecular complexity index is 273. The van der Waals surface area contributed by atoms with E-state index < -0.39 is 7.59 Å². The number of hydrogen-bond donors (Lipinski definition) is 0. The molecule has 0 heterocycles. The monoisotopic (exact) mass is 207 g/mol. The lowest BCUT2D eigenvalue weighted by atomic mass is 10.2. The minimum Gasteiger partial charge on any atom is -0.0730 e. The van der Waals surface area contributed by atoms with Gasteiger partial charge in [-0.1, -0.05) is 61.2 Å². The second-order valence-electron chi connectivity index (χ2n) is 4.49. The van der Waals surface area contributed by atoms with Gasteiger partial charge in [0.15, 0.2) is 0 Å². The first-order valence-corrected chi connectivity index (χ1v) is 11.3. The molecule has 0 unspecified atom stereocenters. The third-order valence-corrected chi connectivity index (χ3v) is 15.7. The van der Waals surface area contributed by atoms with Crippen molar-refractivity contribution in [1.82, 2.24) is 0 Å². The minimum atomic E-state index is -1.08. The topological polar surface area (TPSA) is 0 Å². The van der Waals surface area contributed by atoms with Crippen LogP contribution < -0.4 is 5.19 Å². The van der Waals surface area contributed by atoms with Crippen LogP contribution in [0, 0.1) is 6.92 Å². The molecule has 2 heteroatoms. The molecule has 0 aromatic heterocycles. The highest BCUT2D eigenvalue weighted by atomic mass is 29.2. The number of benzene rings is 1. The van der Waals surface area contributed by atoms with Crippen molar-refractivity contribution in [2.75, 3.05) is 0 Å². The van der Waals surface area contributed by atoms with Crippen molar-refractivity contribution in [2.45, 2.75) is 33.1 Å². The molecule has 0 nitrogen and oxygen atoms in total. The average Bonchev–Trinajstić information content (AvgIpc) is 2.04. The lowest BCUT2D eigenvalue weighted by Crippen LogP contribution is -2.52. The highest BCUT2D eigenvalue weighted by molar-refractivity contribution is 7.37. The first-order chi connectivity index (χ1) is 5.94. The van der Waals surface area contributed by atoms with Crippen LogP contribution in [0.5, 0.6) is 0 Å². The van der Waals surface area contributed by atoms with Crippen LogP contribution in [0.3, 0.4) is 0 Å². The van der Waals surface area contributed by atoms with Gasteiger partial charge in [-0.2, -0.15) is 0 Å². The van der Waals surface area contributed by atoms with Gasteiger partial charge in [0, 0.05) is 8.31 Å². The largest absolute Gasteiger partial charge is 0.0730 e. The molecule has 0 atom stereocenters. The van der Waals surface area contributed by atoms with Gasteiger partial charge in [0.1, 0.15) is 0 Å². The Hall–Kier alpha value is -0.346. The van der Waals surface area contributed by atoms with Crippen LogP contribution in [0.1, 0.15) is 5.56 Å². The summed E-state index contributed by atoms with van der Waals surface area (Å²) in [4.78, 5) is 0. The first-order valence-electron chi connectivity index (χ1n) is 4.82. The minimum absolute atomic E-state index is 0.137. The molecule has 0 saturated heterocycles. The summed E-state index contributed by atoms with van der Waals surface area (Å²) in [6, 6.07) is 9.15. The maximum atomic E-state index is 2.49. The standard InChI is InChI=1S/C11H19Si2/c1-10-6-8-11(9-7-10)13(4,5)12(2)3/h6-9H,1-5H3. The van der Waals surface area contributed by atoms with Gasteiger partial charge in [0.2, 0.25) is 0 Å². The Morgan fingerprint density at radius 3 is 1.85 bits per heavy atom. The number of aryl methyl sites for hydroxylation is 1. The SMILES string of the molecule is Cc1ccc([Si](C)(C)[Si](C)C)cc1. The van der Waals surface area contributed by atoms with Crippen molar-refractivity contribution >= 4 is 21.1 Å². The van der Waals surface area contributed by atoms with E-state index in [1.807, 2.05) is 0 Å². The van der Waals surface area contributed by atoms with Gasteiger partial charge >= 0.3 is 0 Å². The molecule has 1 aromatic rings. The van der Waals surface area contributed by atoms with E-state index in [1.54, 1.807) is 5.19 Å². The van der Waals surface area contributed by atoms with Crippen molar-refractivity contribution in [3.63, 3.8) is 0 Å². The Balaban J connectivity index is 3.01. The lowest BCUT2D eigenvalue weighted by molar-refractivity contribution is 1.48. The zero-order chi connectivity index (χ0) is 10.1. The molecule has 0 bridgehead atoms. The Morgan fingerprint density at radius 2 is 1.46 bits per heavy atom. The van der Waals surface area contributed by atoms with Gasteiger partial charge in [-0.3, -0.25) is 0 Å². The smallest absolute Gasteiger partial charge is 0.0711 e. The fourth-order valence-corrected chi connectivity index (χ4v) is 5.07. The van der Waals surface area contributed by atoms with Crippen LogP contribution in [0.4, 0.5) is 0 Å². The average molecular weight is 207 g/mol. The Kier molecular flexibility index (Phi) is 3.14. The number of hydrogen-bond acceptors (Lipinski definition) is 0. The molecule has 0 fully saturated rings. The van der Waals surface area contributed by atoms with Crippen molar-refractivity contribution in [3.05, 3.63) is 29.8 Å². The van der Waals surface area contributed by atoms with Crippen LogP contribution in [0.25, 0.3) is 0 Å². The fourth-order valence-electron chi connectivity index (χ4n) is 1.26. The summed E-state index contributed by atoms with van der Waals surface area (Å²) >= 11 is 0. The van der Waals surface area contributed by atoms with E-state index in [-0.39, 0.29) is 8.31 Å². The molecule has 0 aliphatic rings. The van der Waals surface area contributed by atoms with Crippen LogP contribution in [-0.2, 0) is 0 Å². The molecule has 0 saturated carbocycles. The molecule has 1 rings (SSSR count). The summed E-state index contributed by atoms with van der Waals surface area (Å²) in [7, 11) is -1.21. The quantitative estimate of drug-likeness (QED) is 0.654. The first kappa shape index (κ1) is 10.7. The van der Waals surface area contributed by atoms with Crippen LogP contribution >= 0.6 is 0 Å². The predicted molar refractivity (Wildman–Crippen MR) is 65.8 cm³/mol. The van der Waals surface area contributed by atoms with Gasteiger partial charge in [0.25, 0.3) is 0 Å². The summed E-state index contributed by atoms with van der Waals surface area (Å²) in [5, 5.41) is 1.62. The molecular formula is C11H19Si2. The van der Waals surface area contributed by atoms with E-state index in [0.29, 0.717) is 0 Å². The second-order valence-corrected chi connectivity index (χ2v) is 17.1. The molecule has 0 amide bonds. The third-order valence-electron chi connectivity index (χ3n) is 3.02. The Labute approximate surface area is 84.4 Å². The van der Waals surface area contributed by atoms with E-state index in [1.165, 1.54) is 5.56 Å². The van der Waals surface area contributed by atoms with E-state index >= 15 is 0 Å².